The van der Waals surface area contributed by atoms with Crippen molar-refractivity contribution in [2.75, 3.05) is 5.32 Å². The van der Waals surface area contributed by atoms with E-state index in [0.29, 0.717) is 5.69 Å². The lowest BCUT2D eigenvalue weighted by Crippen LogP contribution is -2.45. The largest absolute Gasteiger partial charge is 0.324 e. The number of carbonyl (C=O) groups excluding carboxylic acids is 3. The van der Waals surface area contributed by atoms with Gasteiger partial charge in [0.2, 0.25) is 17.7 Å². The standard InChI is InChI=1S/C14H16N2O3/c1-9-8-12(17)16(14(9)19)10(2)13(18)15-11-6-4-3-5-7-11/h3-7,9-10H,8H2,1-2H3,(H,15,18). The number of anilines is 1. The number of hydrogen-bond acceptors (Lipinski definition) is 3. The lowest BCUT2D eigenvalue weighted by Gasteiger charge is -2.22. The van der Waals surface area contributed by atoms with Crippen molar-refractivity contribution in [2.45, 2.75) is 26.3 Å². The van der Waals surface area contributed by atoms with Crippen LogP contribution >= 0.6 is 0 Å². The number of imide groups is 1. The second kappa shape index (κ2) is 5.22. The van der Waals surface area contributed by atoms with Gasteiger partial charge in [-0.2, -0.15) is 0 Å². The fourth-order valence-corrected chi connectivity index (χ4v) is 2.10. The van der Waals surface area contributed by atoms with E-state index >= 15 is 0 Å². The highest BCUT2D eigenvalue weighted by Crippen LogP contribution is 2.21. The molecule has 2 unspecified atom stereocenters. The van der Waals surface area contributed by atoms with Crippen molar-refractivity contribution in [3.8, 4) is 0 Å². The molecular weight excluding hydrogens is 244 g/mol. The number of rotatable bonds is 3. The third-order valence-electron chi connectivity index (χ3n) is 3.22. The van der Waals surface area contributed by atoms with E-state index in [0.717, 1.165) is 4.90 Å². The van der Waals surface area contributed by atoms with Gasteiger partial charge in [-0.15, -0.1) is 0 Å². The Hall–Kier alpha value is -2.17. The summed E-state index contributed by atoms with van der Waals surface area (Å²) < 4.78 is 0. The first-order valence-corrected chi connectivity index (χ1v) is 6.22. The molecule has 2 rings (SSSR count). The van der Waals surface area contributed by atoms with Crippen LogP contribution in [0, 0.1) is 5.92 Å². The van der Waals surface area contributed by atoms with E-state index < -0.39 is 6.04 Å². The second-order valence-electron chi connectivity index (χ2n) is 4.74. The number of benzene rings is 1. The van der Waals surface area contributed by atoms with E-state index in [1.807, 2.05) is 6.07 Å². The Morgan fingerprint density at radius 1 is 1.32 bits per heavy atom. The van der Waals surface area contributed by atoms with E-state index in [1.165, 1.54) is 0 Å². The van der Waals surface area contributed by atoms with Crippen molar-refractivity contribution in [2.24, 2.45) is 5.92 Å². The minimum absolute atomic E-state index is 0.182. The summed E-state index contributed by atoms with van der Waals surface area (Å²) in [6.45, 7) is 3.26. The molecule has 5 heteroatoms. The average molecular weight is 260 g/mol. The zero-order valence-electron chi connectivity index (χ0n) is 10.9. The van der Waals surface area contributed by atoms with Gasteiger partial charge in [0.25, 0.3) is 0 Å². The topological polar surface area (TPSA) is 66.5 Å². The molecule has 1 N–H and O–H groups in total. The summed E-state index contributed by atoms with van der Waals surface area (Å²) >= 11 is 0. The van der Waals surface area contributed by atoms with E-state index in [2.05, 4.69) is 5.32 Å². The van der Waals surface area contributed by atoms with Gasteiger partial charge >= 0.3 is 0 Å². The van der Waals surface area contributed by atoms with E-state index in [9.17, 15) is 14.4 Å². The minimum Gasteiger partial charge on any atom is -0.324 e. The first-order valence-electron chi connectivity index (χ1n) is 6.22. The highest BCUT2D eigenvalue weighted by molar-refractivity contribution is 6.08. The molecular formula is C14H16N2O3. The normalized spacial score (nSPS) is 20.5. The molecule has 1 aromatic carbocycles. The van der Waals surface area contributed by atoms with Crippen molar-refractivity contribution >= 4 is 23.4 Å². The molecule has 100 valence electrons. The molecule has 1 aromatic rings. The number of amides is 3. The van der Waals surface area contributed by atoms with Gasteiger partial charge in [0.1, 0.15) is 6.04 Å². The van der Waals surface area contributed by atoms with Crippen LogP contribution in [0.25, 0.3) is 0 Å². The summed E-state index contributed by atoms with van der Waals surface area (Å²) in [6, 6.07) is 8.16. The zero-order chi connectivity index (χ0) is 14.0. The fourth-order valence-electron chi connectivity index (χ4n) is 2.10. The Morgan fingerprint density at radius 2 is 1.95 bits per heavy atom. The lowest BCUT2D eigenvalue weighted by molar-refractivity contribution is -0.145. The number of nitrogens with zero attached hydrogens (tertiary/aromatic N) is 1. The van der Waals surface area contributed by atoms with Crippen LogP contribution in [-0.4, -0.2) is 28.7 Å². The van der Waals surface area contributed by atoms with Gasteiger partial charge in [0.15, 0.2) is 0 Å². The average Bonchev–Trinajstić information content (AvgIpc) is 2.63. The summed E-state index contributed by atoms with van der Waals surface area (Å²) in [5, 5.41) is 2.69. The molecule has 0 saturated carbocycles. The van der Waals surface area contributed by atoms with Crippen molar-refractivity contribution in [3.63, 3.8) is 0 Å². The summed E-state index contributed by atoms with van der Waals surface area (Å²) in [4.78, 5) is 36.7. The number of likely N-dealkylation sites (tertiary alicyclic amines) is 1. The molecule has 1 aliphatic heterocycles. The smallest absolute Gasteiger partial charge is 0.247 e. The highest BCUT2D eigenvalue weighted by Gasteiger charge is 2.40. The first kappa shape index (κ1) is 13.3. The summed E-state index contributed by atoms with van der Waals surface area (Å²) in [7, 11) is 0. The first-order chi connectivity index (χ1) is 9.00. The molecule has 1 fully saturated rings. The molecule has 5 nitrogen and oxygen atoms in total. The third kappa shape index (κ3) is 2.65. The molecule has 0 aromatic heterocycles. The summed E-state index contributed by atoms with van der Waals surface area (Å²) in [6.07, 6.45) is 0.182. The van der Waals surface area contributed by atoms with Gasteiger partial charge in [0, 0.05) is 18.0 Å². The molecule has 1 heterocycles. The Bertz CT molecular complexity index is 513. The molecule has 1 aliphatic rings. The maximum Gasteiger partial charge on any atom is 0.247 e. The SMILES string of the molecule is CC1CC(=O)N(C(C)C(=O)Nc2ccccc2)C1=O. The van der Waals surface area contributed by atoms with Gasteiger partial charge in [0.05, 0.1) is 0 Å². The monoisotopic (exact) mass is 260 g/mol. The molecule has 0 bridgehead atoms. The molecule has 0 aliphatic carbocycles. The van der Waals surface area contributed by atoms with Crippen LogP contribution in [0.2, 0.25) is 0 Å². The van der Waals surface area contributed by atoms with E-state index in [-0.39, 0.29) is 30.1 Å². The van der Waals surface area contributed by atoms with E-state index in [1.54, 1.807) is 38.1 Å². The number of nitrogens with one attached hydrogen (secondary N) is 1. The van der Waals surface area contributed by atoms with Crippen molar-refractivity contribution < 1.29 is 14.4 Å². The Labute approximate surface area is 111 Å². The maximum atomic E-state index is 12.0. The Kier molecular flexibility index (Phi) is 3.64. The van der Waals surface area contributed by atoms with Gasteiger partial charge in [-0.05, 0) is 19.1 Å². The second-order valence-corrected chi connectivity index (χ2v) is 4.74. The number of carbonyl (C=O) groups is 3. The van der Waals surface area contributed by atoms with Crippen LogP contribution in [0.15, 0.2) is 30.3 Å². The fraction of sp³-hybridized carbons (Fsp3) is 0.357. The van der Waals surface area contributed by atoms with Crippen molar-refractivity contribution in [1.82, 2.24) is 4.90 Å². The van der Waals surface area contributed by atoms with Gasteiger partial charge in [-0.3, -0.25) is 19.3 Å². The third-order valence-corrected chi connectivity index (χ3v) is 3.22. The van der Waals surface area contributed by atoms with Gasteiger partial charge in [-0.1, -0.05) is 25.1 Å². The van der Waals surface area contributed by atoms with Crippen LogP contribution in [0.3, 0.4) is 0 Å². The summed E-state index contributed by atoms with van der Waals surface area (Å²) in [5.74, 6) is -1.25. The highest BCUT2D eigenvalue weighted by atomic mass is 16.2. The molecule has 19 heavy (non-hydrogen) atoms. The minimum atomic E-state index is -0.787. The molecule has 1 saturated heterocycles. The number of para-hydroxylation sites is 1. The van der Waals surface area contributed by atoms with Crippen molar-refractivity contribution in [3.05, 3.63) is 30.3 Å². The zero-order valence-corrected chi connectivity index (χ0v) is 10.9. The molecule has 2 atom stereocenters. The van der Waals surface area contributed by atoms with Crippen LogP contribution in [0.1, 0.15) is 20.3 Å². The summed E-state index contributed by atoms with van der Waals surface area (Å²) in [5.41, 5.74) is 0.645. The maximum absolute atomic E-state index is 12.0. The Balaban J connectivity index is 2.07. The van der Waals surface area contributed by atoms with Crippen LogP contribution in [0.4, 0.5) is 5.69 Å². The van der Waals surface area contributed by atoms with Crippen LogP contribution < -0.4 is 5.32 Å². The number of hydrogen-bond donors (Lipinski definition) is 1. The molecule has 0 radical (unpaired) electrons. The lowest BCUT2D eigenvalue weighted by atomic mass is 10.1. The predicted molar refractivity (Wildman–Crippen MR) is 70.2 cm³/mol. The van der Waals surface area contributed by atoms with Crippen molar-refractivity contribution in [1.29, 1.82) is 0 Å². The molecule has 3 amide bonds. The Morgan fingerprint density at radius 3 is 2.47 bits per heavy atom. The van der Waals surface area contributed by atoms with Gasteiger partial charge in [-0.25, -0.2) is 0 Å². The predicted octanol–water partition coefficient (Wildman–Crippen LogP) is 1.41. The van der Waals surface area contributed by atoms with Crippen LogP contribution in [-0.2, 0) is 14.4 Å². The van der Waals surface area contributed by atoms with E-state index in [4.69, 9.17) is 0 Å². The quantitative estimate of drug-likeness (QED) is 0.835. The van der Waals surface area contributed by atoms with Crippen LogP contribution in [0.5, 0.6) is 0 Å². The molecule has 0 spiro atoms. The van der Waals surface area contributed by atoms with Gasteiger partial charge < -0.3 is 5.32 Å².